The number of benzene rings is 1. The van der Waals surface area contributed by atoms with Gasteiger partial charge in [0.2, 0.25) is 0 Å². The molecule has 2 nitrogen and oxygen atoms in total. The van der Waals surface area contributed by atoms with Crippen LogP contribution in [-0.4, -0.2) is 24.5 Å². The molecule has 0 fully saturated rings. The van der Waals surface area contributed by atoms with Crippen molar-refractivity contribution in [2.45, 2.75) is 45.6 Å². The van der Waals surface area contributed by atoms with Crippen molar-refractivity contribution in [1.82, 2.24) is 4.90 Å². The van der Waals surface area contributed by atoms with Gasteiger partial charge >= 0.3 is 0 Å². The molecule has 0 aromatic heterocycles. The third kappa shape index (κ3) is 5.47. The van der Waals surface area contributed by atoms with Crippen molar-refractivity contribution in [3.63, 3.8) is 0 Å². The van der Waals surface area contributed by atoms with Crippen LogP contribution in [-0.2, 0) is 0 Å². The quantitative estimate of drug-likeness (QED) is 0.618. The standard InChI is InChI=1S/C16H26Br2N2/c1-3-5-9-20(10-6-4-2)16(12-19)13-7-8-14(17)15(18)11-13/h7-8,11,16H,3-6,9-10,12,19H2,1-2H3. The first-order valence-electron chi connectivity index (χ1n) is 7.53. The Morgan fingerprint density at radius 1 is 1.05 bits per heavy atom. The number of hydrogen-bond acceptors (Lipinski definition) is 2. The first-order valence-corrected chi connectivity index (χ1v) is 9.11. The van der Waals surface area contributed by atoms with E-state index in [2.05, 4.69) is 68.8 Å². The van der Waals surface area contributed by atoms with Crippen molar-refractivity contribution >= 4 is 31.9 Å². The Hall–Kier alpha value is 0.1000. The Kier molecular flexibility index (Phi) is 9.01. The molecule has 1 aromatic rings. The van der Waals surface area contributed by atoms with Crippen LogP contribution in [0.4, 0.5) is 0 Å². The zero-order valence-electron chi connectivity index (χ0n) is 12.5. The highest BCUT2D eigenvalue weighted by molar-refractivity contribution is 9.13. The van der Waals surface area contributed by atoms with Gasteiger partial charge in [-0.15, -0.1) is 0 Å². The number of rotatable bonds is 9. The normalized spacial score (nSPS) is 12.9. The molecule has 0 bridgehead atoms. The molecule has 1 atom stereocenters. The van der Waals surface area contributed by atoms with Crippen LogP contribution in [0.3, 0.4) is 0 Å². The van der Waals surface area contributed by atoms with Gasteiger partial charge in [0, 0.05) is 21.5 Å². The molecule has 0 aliphatic heterocycles. The van der Waals surface area contributed by atoms with Crippen LogP contribution in [0.15, 0.2) is 27.1 Å². The van der Waals surface area contributed by atoms with Gasteiger partial charge in [-0.05, 0) is 75.5 Å². The van der Waals surface area contributed by atoms with Gasteiger partial charge in [-0.25, -0.2) is 0 Å². The monoisotopic (exact) mass is 404 g/mol. The Bertz CT molecular complexity index is 388. The first kappa shape index (κ1) is 18.1. The summed E-state index contributed by atoms with van der Waals surface area (Å²) in [5, 5.41) is 0. The summed E-state index contributed by atoms with van der Waals surface area (Å²) in [6.07, 6.45) is 4.92. The summed E-state index contributed by atoms with van der Waals surface area (Å²) < 4.78 is 2.19. The maximum absolute atomic E-state index is 6.07. The van der Waals surface area contributed by atoms with Gasteiger partial charge < -0.3 is 5.73 Å². The topological polar surface area (TPSA) is 29.3 Å². The molecular formula is C16H26Br2N2. The molecule has 0 aliphatic rings. The summed E-state index contributed by atoms with van der Waals surface area (Å²) in [6.45, 7) is 7.41. The summed E-state index contributed by atoms with van der Waals surface area (Å²) in [5.74, 6) is 0. The highest BCUT2D eigenvalue weighted by atomic mass is 79.9. The molecule has 0 amide bonds. The average molecular weight is 406 g/mol. The first-order chi connectivity index (χ1) is 9.63. The Morgan fingerprint density at radius 2 is 1.65 bits per heavy atom. The lowest BCUT2D eigenvalue weighted by molar-refractivity contribution is 0.195. The minimum Gasteiger partial charge on any atom is -0.329 e. The second-order valence-corrected chi connectivity index (χ2v) is 6.88. The van der Waals surface area contributed by atoms with Gasteiger partial charge in [0.15, 0.2) is 0 Å². The highest BCUT2D eigenvalue weighted by Gasteiger charge is 2.18. The van der Waals surface area contributed by atoms with Crippen molar-refractivity contribution in [1.29, 1.82) is 0 Å². The van der Waals surface area contributed by atoms with Crippen molar-refractivity contribution in [2.24, 2.45) is 5.73 Å². The van der Waals surface area contributed by atoms with Gasteiger partial charge in [0.05, 0.1) is 0 Å². The van der Waals surface area contributed by atoms with Crippen LogP contribution in [0.1, 0.15) is 51.1 Å². The van der Waals surface area contributed by atoms with Gasteiger partial charge in [0.25, 0.3) is 0 Å². The van der Waals surface area contributed by atoms with E-state index in [0.717, 1.165) is 22.0 Å². The van der Waals surface area contributed by atoms with E-state index in [1.54, 1.807) is 0 Å². The van der Waals surface area contributed by atoms with E-state index in [1.165, 1.54) is 31.2 Å². The average Bonchev–Trinajstić information content (AvgIpc) is 2.45. The molecule has 1 aromatic carbocycles. The molecule has 2 N–H and O–H groups in total. The third-order valence-corrected chi connectivity index (χ3v) is 5.47. The minimum atomic E-state index is 0.317. The molecule has 1 unspecified atom stereocenters. The molecule has 114 valence electrons. The van der Waals surface area contributed by atoms with Crippen LogP contribution in [0.5, 0.6) is 0 Å². The van der Waals surface area contributed by atoms with Crippen molar-refractivity contribution < 1.29 is 0 Å². The largest absolute Gasteiger partial charge is 0.329 e. The molecule has 0 saturated carbocycles. The van der Waals surface area contributed by atoms with E-state index in [-0.39, 0.29) is 0 Å². The van der Waals surface area contributed by atoms with E-state index < -0.39 is 0 Å². The van der Waals surface area contributed by atoms with Gasteiger partial charge in [-0.1, -0.05) is 32.8 Å². The fourth-order valence-corrected chi connectivity index (χ4v) is 3.00. The van der Waals surface area contributed by atoms with E-state index in [0.29, 0.717) is 12.6 Å². The minimum absolute atomic E-state index is 0.317. The Labute approximate surface area is 140 Å². The summed E-state index contributed by atoms with van der Waals surface area (Å²) in [4.78, 5) is 2.54. The van der Waals surface area contributed by atoms with Crippen LogP contribution in [0.25, 0.3) is 0 Å². The lowest BCUT2D eigenvalue weighted by Crippen LogP contribution is -2.35. The fourth-order valence-electron chi connectivity index (χ4n) is 2.36. The van der Waals surface area contributed by atoms with Crippen molar-refractivity contribution in [3.05, 3.63) is 32.7 Å². The molecule has 0 spiro atoms. The molecule has 0 aliphatic carbocycles. The second kappa shape index (κ2) is 9.93. The maximum Gasteiger partial charge on any atom is 0.0470 e. The van der Waals surface area contributed by atoms with Crippen LogP contribution in [0, 0.1) is 0 Å². The molecular weight excluding hydrogens is 380 g/mol. The Balaban J connectivity index is 2.88. The van der Waals surface area contributed by atoms with Crippen LogP contribution >= 0.6 is 31.9 Å². The number of nitrogens with zero attached hydrogens (tertiary/aromatic N) is 1. The van der Waals surface area contributed by atoms with E-state index in [4.69, 9.17) is 5.73 Å². The lowest BCUT2D eigenvalue weighted by atomic mass is 10.0. The fraction of sp³-hybridized carbons (Fsp3) is 0.625. The van der Waals surface area contributed by atoms with E-state index >= 15 is 0 Å². The molecule has 20 heavy (non-hydrogen) atoms. The number of nitrogens with two attached hydrogens (primary N) is 1. The third-order valence-electron chi connectivity index (χ3n) is 3.59. The SMILES string of the molecule is CCCCN(CCCC)C(CN)c1ccc(Br)c(Br)c1. The smallest absolute Gasteiger partial charge is 0.0470 e. The summed E-state index contributed by atoms with van der Waals surface area (Å²) in [5.41, 5.74) is 7.37. The lowest BCUT2D eigenvalue weighted by Gasteiger charge is -2.31. The van der Waals surface area contributed by atoms with Crippen molar-refractivity contribution in [2.75, 3.05) is 19.6 Å². The van der Waals surface area contributed by atoms with E-state index in [1.807, 2.05) is 0 Å². The molecule has 4 heteroatoms. The van der Waals surface area contributed by atoms with Gasteiger partial charge in [-0.2, -0.15) is 0 Å². The van der Waals surface area contributed by atoms with Crippen LogP contribution < -0.4 is 5.73 Å². The van der Waals surface area contributed by atoms with Crippen LogP contribution in [0.2, 0.25) is 0 Å². The molecule has 0 saturated heterocycles. The Morgan fingerprint density at radius 3 is 2.10 bits per heavy atom. The molecule has 0 heterocycles. The predicted octanol–water partition coefficient (Wildman–Crippen LogP) is 5.11. The van der Waals surface area contributed by atoms with Gasteiger partial charge in [-0.3, -0.25) is 4.90 Å². The van der Waals surface area contributed by atoms with E-state index in [9.17, 15) is 0 Å². The molecule has 0 radical (unpaired) electrons. The second-order valence-electron chi connectivity index (χ2n) is 5.17. The summed E-state index contributed by atoms with van der Waals surface area (Å²) in [7, 11) is 0. The van der Waals surface area contributed by atoms with Crippen molar-refractivity contribution in [3.8, 4) is 0 Å². The number of hydrogen-bond donors (Lipinski definition) is 1. The number of halogens is 2. The summed E-state index contributed by atoms with van der Waals surface area (Å²) >= 11 is 7.12. The maximum atomic E-state index is 6.07. The molecule has 1 rings (SSSR count). The highest BCUT2D eigenvalue weighted by Crippen LogP contribution is 2.29. The zero-order chi connectivity index (χ0) is 15.0. The summed E-state index contributed by atoms with van der Waals surface area (Å²) in [6, 6.07) is 6.78. The van der Waals surface area contributed by atoms with Gasteiger partial charge in [0.1, 0.15) is 0 Å². The predicted molar refractivity (Wildman–Crippen MR) is 95.0 cm³/mol. The number of unbranched alkanes of at least 4 members (excludes halogenated alkanes) is 2. The zero-order valence-corrected chi connectivity index (χ0v) is 15.7.